The van der Waals surface area contributed by atoms with Crippen molar-refractivity contribution < 1.29 is 13.5 Å². The summed E-state index contributed by atoms with van der Waals surface area (Å²) in [5.74, 6) is -0.247. The summed E-state index contributed by atoms with van der Waals surface area (Å²) in [6.45, 7) is 2.74. The van der Waals surface area contributed by atoms with E-state index < -0.39 is 11.6 Å². The molecule has 2 saturated heterocycles. The maximum absolute atomic E-state index is 16.4. The third-order valence-corrected chi connectivity index (χ3v) is 8.71. The lowest BCUT2D eigenvalue weighted by Gasteiger charge is -2.31. The van der Waals surface area contributed by atoms with E-state index in [4.69, 9.17) is 4.74 Å². The number of nitrogens with one attached hydrogen (secondary N) is 1. The Morgan fingerprint density at radius 2 is 1.79 bits per heavy atom. The third kappa shape index (κ3) is 4.32. The number of rotatable bonds is 7. The zero-order valence-electron chi connectivity index (χ0n) is 23.2. The van der Waals surface area contributed by atoms with Crippen molar-refractivity contribution in [1.82, 2.24) is 39.7 Å². The molecule has 0 unspecified atom stereocenters. The summed E-state index contributed by atoms with van der Waals surface area (Å²) in [4.78, 5) is 16.1. The standard InChI is InChI=1S/C31H27F2N9O/c32-22-9-2-7-19-6-1-8-20(25(19)22)27-26(33)28-21(16-34-27)29(35-17-24-40-39-23-10-3-13-36-42(23)24)38-30(37-28)43-18-31-11-4-14-41(31)15-5-12-31/h1-3,6-10,13,16H,4-5,11-12,14-15,17-18H2,(H,35,37,38). The Kier molecular flexibility index (Phi) is 6.10. The predicted molar refractivity (Wildman–Crippen MR) is 157 cm³/mol. The van der Waals surface area contributed by atoms with Crippen molar-refractivity contribution >= 4 is 33.1 Å². The molecular weight excluding hydrogens is 552 g/mol. The molecule has 0 radical (unpaired) electrons. The Morgan fingerprint density at radius 3 is 2.65 bits per heavy atom. The Bertz CT molecular complexity index is 2000. The van der Waals surface area contributed by atoms with E-state index in [0.717, 1.165) is 38.8 Å². The van der Waals surface area contributed by atoms with Gasteiger partial charge in [0.05, 0.1) is 17.5 Å². The second-order valence-corrected chi connectivity index (χ2v) is 11.2. The number of hydrogen-bond acceptors (Lipinski definition) is 9. The number of benzene rings is 2. The molecule has 10 nitrogen and oxygen atoms in total. The van der Waals surface area contributed by atoms with Gasteiger partial charge in [-0.3, -0.25) is 9.88 Å². The molecule has 43 heavy (non-hydrogen) atoms. The topological polar surface area (TPSA) is 106 Å². The average Bonchev–Trinajstić information content (AvgIpc) is 3.74. The van der Waals surface area contributed by atoms with Crippen LogP contribution in [0.25, 0.3) is 38.6 Å². The van der Waals surface area contributed by atoms with E-state index in [2.05, 4.69) is 40.5 Å². The summed E-state index contributed by atoms with van der Waals surface area (Å²) >= 11 is 0. The van der Waals surface area contributed by atoms with Gasteiger partial charge in [-0.25, -0.2) is 8.78 Å². The van der Waals surface area contributed by atoms with Crippen LogP contribution in [0.2, 0.25) is 0 Å². The van der Waals surface area contributed by atoms with Gasteiger partial charge in [-0.2, -0.15) is 19.6 Å². The molecule has 2 aromatic carbocycles. The fraction of sp³-hybridized carbons (Fsp3) is 0.290. The molecule has 4 aromatic heterocycles. The van der Waals surface area contributed by atoms with Crippen LogP contribution in [0.1, 0.15) is 31.5 Å². The minimum atomic E-state index is -0.681. The number of ether oxygens (including phenoxy) is 1. The van der Waals surface area contributed by atoms with E-state index >= 15 is 4.39 Å². The molecule has 8 rings (SSSR count). The monoisotopic (exact) mass is 579 g/mol. The molecule has 216 valence electrons. The highest BCUT2D eigenvalue weighted by atomic mass is 19.1. The Hall–Kier alpha value is -4.84. The number of fused-ring (bicyclic) bond motifs is 4. The van der Waals surface area contributed by atoms with E-state index in [1.165, 1.54) is 12.3 Å². The van der Waals surface area contributed by atoms with Gasteiger partial charge in [0, 0.05) is 23.3 Å². The number of nitrogens with zero attached hydrogens (tertiary/aromatic N) is 8. The molecule has 0 bridgehead atoms. The maximum atomic E-state index is 16.4. The first-order valence-corrected chi connectivity index (χ1v) is 14.4. The van der Waals surface area contributed by atoms with E-state index in [1.807, 2.05) is 0 Å². The fourth-order valence-corrected chi connectivity index (χ4v) is 6.64. The molecule has 6 aromatic rings. The van der Waals surface area contributed by atoms with Crippen LogP contribution < -0.4 is 10.1 Å². The molecular formula is C31H27F2N9O. The zero-order valence-corrected chi connectivity index (χ0v) is 23.2. The first kappa shape index (κ1) is 25.8. The molecule has 2 aliphatic heterocycles. The van der Waals surface area contributed by atoms with Crippen LogP contribution in [-0.2, 0) is 6.54 Å². The number of anilines is 1. The van der Waals surface area contributed by atoms with Crippen LogP contribution in [0.15, 0.2) is 60.9 Å². The quantitative estimate of drug-likeness (QED) is 0.274. The molecule has 0 aliphatic carbocycles. The molecule has 12 heteroatoms. The minimum Gasteiger partial charge on any atom is -0.461 e. The second-order valence-electron chi connectivity index (χ2n) is 11.2. The normalized spacial score (nSPS) is 16.3. The van der Waals surface area contributed by atoms with Crippen molar-refractivity contribution in [3.05, 3.63) is 78.4 Å². The van der Waals surface area contributed by atoms with Crippen molar-refractivity contribution in [2.24, 2.45) is 0 Å². The van der Waals surface area contributed by atoms with Gasteiger partial charge in [0.15, 0.2) is 17.3 Å². The van der Waals surface area contributed by atoms with Crippen LogP contribution in [0.4, 0.5) is 14.6 Å². The Balaban J connectivity index is 1.22. The minimum absolute atomic E-state index is 0.00260. The summed E-state index contributed by atoms with van der Waals surface area (Å²) in [7, 11) is 0. The summed E-state index contributed by atoms with van der Waals surface area (Å²) in [6, 6.07) is 13.6. The first-order chi connectivity index (χ1) is 21.1. The maximum Gasteiger partial charge on any atom is 0.319 e. The molecule has 6 heterocycles. The summed E-state index contributed by atoms with van der Waals surface area (Å²) < 4.78 is 39.3. The van der Waals surface area contributed by atoms with Gasteiger partial charge in [0.25, 0.3) is 0 Å². The first-order valence-electron chi connectivity index (χ1n) is 14.4. The molecule has 0 saturated carbocycles. The highest BCUT2D eigenvalue weighted by Gasteiger charge is 2.45. The summed E-state index contributed by atoms with van der Waals surface area (Å²) in [6.07, 6.45) is 7.51. The van der Waals surface area contributed by atoms with E-state index in [-0.39, 0.29) is 29.3 Å². The third-order valence-electron chi connectivity index (χ3n) is 8.71. The van der Waals surface area contributed by atoms with Gasteiger partial charge >= 0.3 is 6.01 Å². The fourth-order valence-electron chi connectivity index (χ4n) is 6.64. The van der Waals surface area contributed by atoms with Gasteiger partial charge in [0.2, 0.25) is 0 Å². The van der Waals surface area contributed by atoms with Crippen molar-refractivity contribution in [3.63, 3.8) is 0 Å². The molecule has 2 fully saturated rings. The lowest BCUT2D eigenvalue weighted by molar-refractivity contribution is 0.108. The highest BCUT2D eigenvalue weighted by molar-refractivity contribution is 5.99. The van der Waals surface area contributed by atoms with E-state index in [0.29, 0.717) is 45.6 Å². The second kappa shape index (κ2) is 10.2. The molecule has 0 spiro atoms. The van der Waals surface area contributed by atoms with Crippen LogP contribution in [0.5, 0.6) is 6.01 Å². The van der Waals surface area contributed by atoms with Crippen LogP contribution >= 0.6 is 0 Å². The van der Waals surface area contributed by atoms with Crippen molar-refractivity contribution in [3.8, 4) is 17.3 Å². The van der Waals surface area contributed by atoms with Gasteiger partial charge in [-0.15, -0.1) is 10.2 Å². The average molecular weight is 580 g/mol. The molecule has 1 N–H and O–H groups in total. The van der Waals surface area contributed by atoms with Crippen LogP contribution in [0, 0.1) is 11.6 Å². The molecule has 0 atom stereocenters. The summed E-state index contributed by atoms with van der Waals surface area (Å²) in [5.41, 5.74) is 0.941. The Morgan fingerprint density at radius 1 is 0.953 bits per heavy atom. The van der Waals surface area contributed by atoms with Gasteiger partial charge in [-0.05, 0) is 62.4 Å². The lowest BCUT2D eigenvalue weighted by Crippen LogP contribution is -2.43. The number of halogens is 2. The van der Waals surface area contributed by atoms with Crippen molar-refractivity contribution in [2.45, 2.75) is 37.8 Å². The van der Waals surface area contributed by atoms with Crippen molar-refractivity contribution in [1.29, 1.82) is 0 Å². The summed E-state index contributed by atoms with van der Waals surface area (Å²) in [5, 5.41) is 17.3. The predicted octanol–water partition coefficient (Wildman–Crippen LogP) is 5.18. The SMILES string of the molecule is Fc1c(-c2cccc3cccc(F)c23)ncc2c(NCc3nnc4cccnn34)nc(OCC34CCCN3CCC4)nc12. The zero-order chi connectivity index (χ0) is 29.0. The largest absolute Gasteiger partial charge is 0.461 e. The highest BCUT2D eigenvalue weighted by Crippen LogP contribution is 2.39. The Labute approximate surface area is 244 Å². The number of pyridine rings is 1. The molecule has 2 aliphatic rings. The molecule has 0 amide bonds. The lowest BCUT2D eigenvalue weighted by atomic mass is 9.95. The van der Waals surface area contributed by atoms with Crippen LogP contribution in [-0.4, -0.2) is 64.9 Å². The van der Waals surface area contributed by atoms with E-state index in [1.54, 1.807) is 53.2 Å². The van der Waals surface area contributed by atoms with E-state index in [9.17, 15) is 4.39 Å². The van der Waals surface area contributed by atoms with Gasteiger partial charge < -0.3 is 10.1 Å². The number of aromatic nitrogens is 7. The van der Waals surface area contributed by atoms with Crippen LogP contribution in [0.3, 0.4) is 0 Å². The van der Waals surface area contributed by atoms with Crippen molar-refractivity contribution in [2.75, 3.05) is 25.0 Å². The van der Waals surface area contributed by atoms with Gasteiger partial charge in [0.1, 0.15) is 29.5 Å². The number of hydrogen-bond donors (Lipinski definition) is 1. The smallest absolute Gasteiger partial charge is 0.319 e. The van der Waals surface area contributed by atoms with Gasteiger partial charge in [-0.1, -0.05) is 30.3 Å².